The minimum Gasteiger partial charge on any atom is -0.872 e. The van der Waals surface area contributed by atoms with E-state index in [-0.39, 0.29) is 158 Å². The number of hydrogen-bond acceptors (Lipinski definition) is 16. The van der Waals surface area contributed by atoms with Crippen molar-refractivity contribution in [2.24, 2.45) is 0 Å². The molecule has 0 aromatic heterocycles. The Bertz CT molecular complexity index is 3780. The summed E-state index contributed by atoms with van der Waals surface area (Å²) < 4.78 is 39.6. The molecule has 0 saturated carbocycles. The number of rotatable bonds is 8. The van der Waals surface area contributed by atoms with Gasteiger partial charge in [0.25, 0.3) is 0 Å². The molecule has 0 atom stereocenters. The Kier molecular flexibility index (Phi) is 56.7. The third-order valence-electron chi connectivity index (χ3n) is 23.7. The average molecular weight is 1990 g/mol. The second-order valence-corrected chi connectivity index (χ2v) is 50.3. The van der Waals surface area contributed by atoms with Crippen LogP contribution in [0.5, 0.6) is 34.5 Å². The topological polar surface area (TPSA) is 258 Å². The van der Waals surface area contributed by atoms with Gasteiger partial charge in [-0.15, -0.1) is 45.7 Å². The second-order valence-electron chi connectivity index (χ2n) is 50.3. The van der Waals surface area contributed by atoms with Gasteiger partial charge in [0, 0.05) is 106 Å². The molecule has 8 heterocycles. The quantitative estimate of drug-likeness (QED) is 0.128. The van der Waals surface area contributed by atoms with Crippen LogP contribution in [0.3, 0.4) is 0 Å². The summed E-state index contributed by atoms with van der Waals surface area (Å²) in [5.74, 6) is -0.115. The van der Waals surface area contributed by atoms with Gasteiger partial charge in [-0.3, -0.25) is 0 Å². The first-order valence-corrected chi connectivity index (χ1v) is 51.5. The molecule has 138 heavy (non-hydrogen) atoms. The van der Waals surface area contributed by atoms with Crippen molar-refractivity contribution in [1.82, 2.24) is 0 Å². The van der Waals surface area contributed by atoms with E-state index in [1.54, 1.807) is 41.5 Å². The van der Waals surface area contributed by atoms with Gasteiger partial charge in [0.1, 0.15) is 0 Å². The fourth-order valence-electron chi connectivity index (χ4n) is 15.0. The van der Waals surface area contributed by atoms with Crippen LogP contribution in [-0.4, -0.2) is 117 Å². The number of ether oxygens (including phenoxy) is 8. The molecule has 0 unspecified atom stereocenters. The normalized spacial score (nSPS) is 16.2. The molecular formula is C120H192O16Ti2. The summed E-state index contributed by atoms with van der Waals surface area (Å²) in [4.78, 5) is 0. The van der Waals surface area contributed by atoms with Crippen molar-refractivity contribution in [1.29, 1.82) is 0 Å². The molecule has 6 aromatic carbocycles. The smallest absolute Gasteiger partial charge is 0.872 e. The van der Waals surface area contributed by atoms with Crippen molar-refractivity contribution in [3.63, 3.8) is 0 Å². The molecule has 0 aliphatic carbocycles. The molecular weight excluding hydrogens is 1790 g/mol. The molecule has 0 bridgehead atoms. The molecule has 0 amide bonds. The van der Waals surface area contributed by atoms with Crippen LogP contribution in [0.25, 0.3) is 0 Å². The van der Waals surface area contributed by atoms with Crippen LogP contribution in [0.15, 0.2) is 72.8 Å². The van der Waals surface area contributed by atoms with Crippen molar-refractivity contribution < 1.29 is 122 Å². The summed E-state index contributed by atoms with van der Waals surface area (Å²) in [6.07, 6.45) is 21.5. The summed E-state index contributed by atoms with van der Waals surface area (Å²) in [6.45, 7) is 89.2. The van der Waals surface area contributed by atoms with E-state index in [4.69, 9.17) is 37.9 Å². The van der Waals surface area contributed by atoms with Gasteiger partial charge in [-0.05, 0) is 238 Å². The zero-order valence-corrected chi connectivity index (χ0v) is 97.0. The summed E-state index contributed by atoms with van der Waals surface area (Å²) in [7, 11) is 0. The summed E-state index contributed by atoms with van der Waals surface area (Å²) in [5, 5.41) is 104. The summed E-state index contributed by atoms with van der Waals surface area (Å²) >= 11 is 0. The molecule has 0 radical (unpaired) electrons. The molecule has 8 fully saturated rings. The largest absolute Gasteiger partial charge is 4.00 e. The van der Waals surface area contributed by atoms with E-state index in [1.165, 1.54) is 103 Å². The number of benzene rings is 6. The minimum atomic E-state index is -0.750. The predicted molar refractivity (Wildman–Crippen MR) is 553 cm³/mol. The third kappa shape index (κ3) is 51.8. The first kappa shape index (κ1) is 131. The Morgan fingerprint density at radius 3 is 0.341 bits per heavy atom. The Morgan fingerprint density at radius 1 is 0.167 bits per heavy atom. The van der Waals surface area contributed by atoms with Crippen LogP contribution < -0.4 is 40.9 Å². The Morgan fingerprint density at radius 2 is 0.261 bits per heavy atom. The molecule has 8 saturated heterocycles. The Hall–Kier alpha value is -4.85. The fourth-order valence-corrected chi connectivity index (χ4v) is 15.0. The SMILES string of the molecule is C1CCOC1.C1CCOC1.C1CCOC1.C1CCOC1.C1CCOC1.C1CCOC1.C1CCOC1.C1CCOC1.CC(C)(C)[O-].CC(C)(C)[O-].CC(C)(C)c1cc(Cc2cc(C(C)(C)C)cc(C(C)(C)C)c2[O-])c([O-])c(Cc2cc(C(C)(C)C)cc(C(C)(C)C)c2[O-])c1.CC(C)(C)c1cc(Cc2cc(C(C)(C)C)cc(C(C)(C)C)c2[O-])c([O-])c(Cc2cc(C(C)(C)C)cc(C(C)(C)C)c2[O-])c1.[Ti+4].[Ti+4]. The van der Waals surface area contributed by atoms with Crippen molar-refractivity contribution >= 4 is 0 Å². The van der Waals surface area contributed by atoms with Crippen molar-refractivity contribution in [3.05, 3.63) is 173 Å². The maximum absolute atomic E-state index is 14.2. The molecule has 776 valence electrons. The fraction of sp³-hybridized carbons (Fsp3) is 0.700. The molecule has 0 spiro atoms. The van der Waals surface area contributed by atoms with Gasteiger partial charge < -0.3 is 78.7 Å². The van der Waals surface area contributed by atoms with Crippen molar-refractivity contribution in [2.75, 3.05) is 106 Å². The van der Waals surface area contributed by atoms with Gasteiger partial charge >= 0.3 is 43.4 Å². The Labute approximate surface area is 872 Å². The maximum atomic E-state index is 14.2. The zero-order valence-electron chi connectivity index (χ0n) is 93.9. The van der Waals surface area contributed by atoms with E-state index in [0.29, 0.717) is 44.5 Å². The third-order valence-corrected chi connectivity index (χ3v) is 23.7. The first-order chi connectivity index (χ1) is 62.4. The maximum Gasteiger partial charge on any atom is 4.00 e. The standard InChI is InChI=1S/2C40H58O3.8C4H8O.2C4H9O.2Ti/c2*1-36(2,3)28-18-24(16-26-20-29(37(4,5)6)22-31(34(26)42)39(10,11)12)33(41)25(19-28)17-27-21-30(38(7,8)9)23-32(35(27)43)40(13,14)15;8*1-2-4-5-3-1;2*1-4(2,3)5;;/h2*18-23,41-43H,16-17H2,1-15H3;8*1-4H2;2*1-3H3;;/q;;;;;;;;;;2*-1;2*+4/p-6. The Balaban J connectivity index is 0.000000903. The van der Waals surface area contributed by atoms with E-state index in [9.17, 15) is 40.9 Å². The van der Waals surface area contributed by atoms with Crippen molar-refractivity contribution in [2.45, 2.75) is 443 Å². The first-order valence-electron chi connectivity index (χ1n) is 51.5. The van der Waals surface area contributed by atoms with Crippen LogP contribution >= 0.6 is 0 Å². The van der Waals surface area contributed by atoms with E-state index >= 15 is 0 Å². The van der Waals surface area contributed by atoms with Gasteiger partial charge in [-0.2, -0.15) is 0 Å². The molecule has 6 aromatic rings. The minimum absolute atomic E-state index is 0. The zero-order chi connectivity index (χ0) is 103. The van der Waals surface area contributed by atoms with E-state index in [0.717, 1.165) is 161 Å². The van der Waals surface area contributed by atoms with Gasteiger partial charge in [0.15, 0.2) is 0 Å². The van der Waals surface area contributed by atoms with Gasteiger partial charge in [0.2, 0.25) is 0 Å². The van der Waals surface area contributed by atoms with Crippen LogP contribution in [0.1, 0.15) is 452 Å². The van der Waals surface area contributed by atoms with Crippen LogP contribution in [0.2, 0.25) is 0 Å². The monoisotopic (exact) mass is 1990 g/mol. The van der Waals surface area contributed by atoms with Gasteiger partial charge in [-0.1, -0.05) is 367 Å². The summed E-state index contributed by atoms with van der Waals surface area (Å²) in [5.41, 5.74) is 10.8. The van der Waals surface area contributed by atoms with Gasteiger partial charge in [0.05, 0.1) is 0 Å². The van der Waals surface area contributed by atoms with Gasteiger partial charge in [-0.25, -0.2) is 0 Å². The summed E-state index contributed by atoms with van der Waals surface area (Å²) in [6, 6.07) is 24.1. The van der Waals surface area contributed by atoms with E-state index in [1.807, 2.05) is 72.8 Å². The average Bonchev–Trinajstić information content (AvgIpc) is 0.854. The molecule has 0 N–H and O–H groups in total. The molecule has 8 aliphatic heterocycles. The molecule has 18 heteroatoms. The number of hydrogen-bond donors (Lipinski definition) is 0. The predicted octanol–water partition coefficient (Wildman–Crippen LogP) is 23.8. The molecule has 16 nitrogen and oxygen atoms in total. The van der Waals surface area contributed by atoms with Crippen LogP contribution in [-0.2, 0) is 161 Å². The van der Waals surface area contributed by atoms with Crippen molar-refractivity contribution in [3.8, 4) is 34.5 Å². The van der Waals surface area contributed by atoms with Crippen LogP contribution in [0.4, 0.5) is 0 Å². The second kappa shape index (κ2) is 59.7. The van der Waals surface area contributed by atoms with E-state index in [2.05, 4.69) is 208 Å². The molecule has 8 aliphatic rings. The van der Waals surface area contributed by atoms with E-state index < -0.39 is 11.2 Å². The van der Waals surface area contributed by atoms with Crippen LogP contribution in [0, 0.1) is 0 Å². The molecule has 14 rings (SSSR count).